The molecule has 0 aliphatic carbocycles. The summed E-state index contributed by atoms with van der Waals surface area (Å²) in [5.74, 6) is -2.47. The molecule has 2 heterocycles. The third kappa shape index (κ3) is 3.63. The number of amides is 2. The molecule has 8 nitrogen and oxygen atoms in total. The third-order valence-corrected chi connectivity index (χ3v) is 4.05. The molecule has 0 saturated carbocycles. The highest BCUT2D eigenvalue weighted by molar-refractivity contribution is 5.89. The van der Waals surface area contributed by atoms with E-state index in [2.05, 4.69) is 15.6 Å². The van der Waals surface area contributed by atoms with E-state index in [1.807, 2.05) is 6.92 Å². The van der Waals surface area contributed by atoms with Crippen LogP contribution < -0.4 is 5.32 Å². The van der Waals surface area contributed by atoms with Crippen molar-refractivity contribution in [2.24, 2.45) is 0 Å². The van der Waals surface area contributed by atoms with Gasteiger partial charge in [-0.25, -0.2) is 18.3 Å². The molecular formula is C16H17F2N5O3. The Morgan fingerprint density at radius 3 is 2.81 bits per heavy atom. The maximum Gasteiger partial charge on any atom is 0.322 e. The number of fused-ring (bicyclic) bond motifs is 1. The molecule has 1 aromatic carbocycles. The molecule has 138 valence electrons. The number of hydrogen-bond donors (Lipinski definition) is 1. The fraction of sp³-hybridized carbons (Fsp3) is 0.375. The fourth-order valence-electron chi connectivity index (χ4n) is 2.68. The summed E-state index contributed by atoms with van der Waals surface area (Å²) in [6, 6.07) is 2.48. The Morgan fingerprint density at radius 2 is 2.12 bits per heavy atom. The summed E-state index contributed by atoms with van der Waals surface area (Å²) in [6.07, 6.45) is 0. The molecule has 10 heteroatoms. The lowest BCUT2D eigenvalue weighted by Crippen LogP contribution is -2.47. The first kappa shape index (κ1) is 17.8. The second-order valence-electron chi connectivity index (χ2n) is 5.98. The molecule has 3 rings (SSSR count). The van der Waals surface area contributed by atoms with Crippen molar-refractivity contribution in [2.75, 3.05) is 5.32 Å². The third-order valence-electron chi connectivity index (χ3n) is 4.05. The van der Waals surface area contributed by atoms with Gasteiger partial charge < -0.3 is 15.0 Å². The summed E-state index contributed by atoms with van der Waals surface area (Å²) in [5, 5.41) is 10.5. The predicted octanol–water partition coefficient (Wildman–Crippen LogP) is 2.06. The maximum absolute atomic E-state index is 13.3. The Kier molecular flexibility index (Phi) is 4.83. The van der Waals surface area contributed by atoms with Crippen LogP contribution in [0.25, 0.3) is 0 Å². The van der Waals surface area contributed by atoms with Crippen LogP contribution in [0.4, 0.5) is 19.3 Å². The molecule has 1 aliphatic heterocycles. The zero-order chi connectivity index (χ0) is 18.8. The number of nitrogens with zero attached hydrogens (tertiary/aromatic N) is 4. The first-order valence-corrected chi connectivity index (χ1v) is 7.92. The van der Waals surface area contributed by atoms with E-state index in [-0.39, 0.29) is 24.9 Å². The fourth-order valence-corrected chi connectivity index (χ4v) is 2.68. The summed E-state index contributed by atoms with van der Waals surface area (Å²) < 4.78 is 32.9. The molecule has 1 N–H and O–H groups in total. The number of esters is 1. The molecule has 0 radical (unpaired) electrons. The first-order valence-electron chi connectivity index (χ1n) is 7.92. The van der Waals surface area contributed by atoms with E-state index in [4.69, 9.17) is 4.74 Å². The minimum absolute atomic E-state index is 0.0301. The molecule has 0 bridgehead atoms. The van der Waals surface area contributed by atoms with Crippen LogP contribution in [0.15, 0.2) is 18.2 Å². The van der Waals surface area contributed by atoms with Gasteiger partial charge in [-0.3, -0.25) is 4.79 Å². The molecule has 0 fully saturated rings. The summed E-state index contributed by atoms with van der Waals surface area (Å²) in [7, 11) is 0. The van der Waals surface area contributed by atoms with E-state index in [0.29, 0.717) is 17.9 Å². The largest absolute Gasteiger partial charge is 0.459 e. The van der Waals surface area contributed by atoms with Crippen molar-refractivity contribution in [1.29, 1.82) is 0 Å². The highest BCUT2D eigenvalue weighted by Crippen LogP contribution is 2.21. The van der Waals surface area contributed by atoms with Gasteiger partial charge in [0, 0.05) is 18.7 Å². The van der Waals surface area contributed by atoms with Gasteiger partial charge in [0.2, 0.25) is 0 Å². The van der Waals surface area contributed by atoms with Crippen molar-refractivity contribution in [3.05, 3.63) is 41.2 Å². The minimum Gasteiger partial charge on any atom is -0.459 e. The van der Waals surface area contributed by atoms with Gasteiger partial charge in [0.25, 0.3) is 0 Å². The summed E-state index contributed by atoms with van der Waals surface area (Å²) in [6.45, 7) is 3.70. The molecule has 0 saturated heterocycles. The van der Waals surface area contributed by atoms with Gasteiger partial charge in [0.15, 0.2) is 11.6 Å². The molecule has 1 atom stereocenters. The first-order chi connectivity index (χ1) is 12.3. The SMILES string of the molecule is CC(=O)OCc1nnn2c1CN(C(=O)Nc1ccc(F)c(F)c1)[C@@H](C)C2. The smallest absolute Gasteiger partial charge is 0.322 e. The van der Waals surface area contributed by atoms with E-state index in [0.717, 1.165) is 12.1 Å². The van der Waals surface area contributed by atoms with E-state index >= 15 is 0 Å². The van der Waals surface area contributed by atoms with Crippen molar-refractivity contribution < 1.29 is 23.1 Å². The average molecular weight is 365 g/mol. The summed E-state index contributed by atoms with van der Waals surface area (Å²) in [4.78, 5) is 25.0. The number of aromatic nitrogens is 3. The van der Waals surface area contributed by atoms with Crippen LogP contribution in [-0.2, 0) is 29.2 Å². The highest BCUT2D eigenvalue weighted by atomic mass is 19.2. The number of halogens is 2. The molecule has 1 aromatic heterocycles. The number of rotatable bonds is 3. The predicted molar refractivity (Wildman–Crippen MR) is 85.9 cm³/mol. The lowest BCUT2D eigenvalue weighted by atomic mass is 10.2. The quantitative estimate of drug-likeness (QED) is 0.841. The van der Waals surface area contributed by atoms with Gasteiger partial charge in [0.1, 0.15) is 12.3 Å². The Balaban J connectivity index is 1.74. The number of hydrogen-bond acceptors (Lipinski definition) is 5. The highest BCUT2D eigenvalue weighted by Gasteiger charge is 2.30. The monoisotopic (exact) mass is 365 g/mol. The van der Waals surface area contributed by atoms with Gasteiger partial charge in [0.05, 0.1) is 24.8 Å². The van der Waals surface area contributed by atoms with Crippen LogP contribution in [0.5, 0.6) is 0 Å². The lowest BCUT2D eigenvalue weighted by Gasteiger charge is -2.33. The van der Waals surface area contributed by atoms with Gasteiger partial charge in [-0.05, 0) is 19.1 Å². The zero-order valence-corrected chi connectivity index (χ0v) is 14.2. The van der Waals surface area contributed by atoms with E-state index in [1.165, 1.54) is 17.9 Å². The molecule has 0 spiro atoms. The van der Waals surface area contributed by atoms with Crippen LogP contribution in [-0.4, -0.2) is 37.9 Å². The second kappa shape index (κ2) is 7.06. The molecule has 0 unspecified atom stereocenters. The zero-order valence-electron chi connectivity index (χ0n) is 14.2. The van der Waals surface area contributed by atoms with E-state index in [9.17, 15) is 18.4 Å². The van der Waals surface area contributed by atoms with Crippen LogP contribution in [0.1, 0.15) is 25.2 Å². The van der Waals surface area contributed by atoms with Crippen molar-refractivity contribution in [1.82, 2.24) is 19.9 Å². The van der Waals surface area contributed by atoms with Gasteiger partial charge in [-0.1, -0.05) is 5.21 Å². The van der Waals surface area contributed by atoms with Crippen molar-refractivity contribution in [2.45, 2.75) is 39.6 Å². The topological polar surface area (TPSA) is 89.3 Å². The standard InChI is InChI=1S/C16H17F2N5O3/c1-9-6-23-15(14(20-21-23)8-26-10(2)24)7-22(9)16(25)19-11-3-4-12(17)13(18)5-11/h3-5,9H,6-8H2,1-2H3,(H,19,25)/t9-/m0/s1. The number of anilines is 1. The Bertz CT molecular complexity index is 854. The normalized spacial score (nSPS) is 16.2. The Morgan fingerprint density at radius 1 is 1.35 bits per heavy atom. The Labute approximate surface area is 147 Å². The molecule has 26 heavy (non-hydrogen) atoms. The van der Waals surface area contributed by atoms with Crippen LogP contribution in [0.2, 0.25) is 0 Å². The number of carbonyl (C=O) groups excluding carboxylic acids is 2. The van der Waals surface area contributed by atoms with Gasteiger partial charge >= 0.3 is 12.0 Å². The van der Waals surface area contributed by atoms with Crippen molar-refractivity contribution >= 4 is 17.7 Å². The van der Waals surface area contributed by atoms with Crippen molar-refractivity contribution in [3.8, 4) is 0 Å². The Hall–Kier alpha value is -3.04. The maximum atomic E-state index is 13.3. The summed E-state index contributed by atoms with van der Waals surface area (Å²) in [5.41, 5.74) is 1.28. The molecular weight excluding hydrogens is 348 g/mol. The van der Waals surface area contributed by atoms with Gasteiger partial charge in [-0.15, -0.1) is 5.10 Å². The van der Waals surface area contributed by atoms with E-state index in [1.54, 1.807) is 4.68 Å². The number of carbonyl (C=O) groups is 2. The lowest BCUT2D eigenvalue weighted by molar-refractivity contribution is -0.142. The number of ether oxygens (including phenoxy) is 1. The second-order valence-corrected chi connectivity index (χ2v) is 5.98. The molecule has 2 aromatic rings. The molecule has 1 aliphatic rings. The van der Waals surface area contributed by atoms with E-state index < -0.39 is 23.6 Å². The number of benzene rings is 1. The number of urea groups is 1. The number of nitrogens with one attached hydrogen (secondary N) is 1. The van der Waals surface area contributed by atoms with Crippen LogP contribution in [0.3, 0.4) is 0 Å². The van der Waals surface area contributed by atoms with Crippen LogP contribution >= 0.6 is 0 Å². The summed E-state index contributed by atoms with van der Waals surface area (Å²) >= 11 is 0. The van der Waals surface area contributed by atoms with Crippen LogP contribution in [0, 0.1) is 11.6 Å². The van der Waals surface area contributed by atoms with Gasteiger partial charge in [-0.2, -0.15) is 0 Å². The average Bonchev–Trinajstić information content (AvgIpc) is 2.97. The molecule has 2 amide bonds. The minimum atomic E-state index is -1.04. The van der Waals surface area contributed by atoms with Crippen molar-refractivity contribution in [3.63, 3.8) is 0 Å².